The maximum Gasteiger partial charge on any atom is 0.259 e. The zero-order valence-corrected chi connectivity index (χ0v) is 11.3. The van der Waals surface area contributed by atoms with Gasteiger partial charge in [-0.05, 0) is 42.1 Å². The number of nitrogens with one attached hydrogen (secondary N) is 1. The van der Waals surface area contributed by atoms with Crippen LogP contribution in [0.5, 0.6) is 0 Å². The van der Waals surface area contributed by atoms with E-state index >= 15 is 0 Å². The summed E-state index contributed by atoms with van der Waals surface area (Å²) in [5.74, 6) is 1.41. The summed E-state index contributed by atoms with van der Waals surface area (Å²) in [6.45, 7) is 2.00. The maximum atomic E-state index is 11.9. The molecule has 0 atom stereocenters. The summed E-state index contributed by atoms with van der Waals surface area (Å²) in [5.41, 5.74) is 1.08. The molecule has 0 saturated carbocycles. The Morgan fingerprint density at radius 3 is 2.75 bits per heavy atom. The Morgan fingerprint density at radius 1 is 1.15 bits per heavy atom. The third-order valence-corrected chi connectivity index (χ3v) is 3.14. The molecule has 0 spiro atoms. The molecule has 20 heavy (non-hydrogen) atoms. The Balaban J connectivity index is 2.02. The highest BCUT2D eigenvalue weighted by atomic mass is 16.1. The molecule has 0 aliphatic carbocycles. The van der Waals surface area contributed by atoms with Gasteiger partial charge in [0.25, 0.3) is 5.56 Å². The van der Waals surface area contributed by atoms with E-state index in [1.165, 1.54) is 0 Å². The quantitative estimate of drug-likeness (QED) is 0.773. The second-order valence-electron chi connectivity index (χ2n) is 4.73. The lowest BCUT2D eigenvalue weighted by Crippen LogP contribution is -2.15. The summed E-state index contributed by atoms with van der Waals surface area (Å²) in [6, 6.07) is 7.62. The first kappa shape index (κ1) is 12.3. The fraction of sp³-hybridized carbons (Fsp3) is 0.133. The monoisotopic (exact) mass is 266 g/mol. The third-order valence-electron chi connectivity index (χ3n) is 3.14. The molecule has 3 rings (SSSR count). The number of hydrogen-bond acceptors (Lipinski definition) is 4. The van der Waals surface area contributed by atoms with Crippen molar-refractivity contribution in [2.24, 2.45) is 7.05 Å². The Morgan fingerprint density at radius 2 is 1.95 bits per heavy atom. The van der Waals surface area contributed by atoms with Crippen molar-refractivity contribution in [1.82, 2.24) is 14.5 Å². The molecule has 3 aromatic rings. The number of aryl methyl sites for hydroxylation is 2. The van der Waals surface area contributed by atoms with Crippen LogP contribution in [0.3, 0.4) is 0 Å². The smallest absolute Gasteiger partial charge is 0.259 e. The Bertz CT molecular complexity index is 839. The second kappa shape index (κ2) is 4.77. The molecule has 0 amide bonds. The first-order chi connectivity index (χ1) is 9.63. The summed E-state index contributed by atoms with van der Waals surface area (Å²) < 4.78 is 1.54. The highest BCUT2D eigenvalue weighted by molar-refractivity contribution is 5.83. The van der Waals surface area contributed by atoms with Crippen molar-refractivity contribution >= 4 is 22.4 Å². The lowest BCUT2D eigenvalue weighted by molar-refractivity contribution is 0.872. The fourth-order valence-electron chi connectivity index (χ4n) is 2.04. The van der Waals surface area contributed by atoms with E-state index in [2.05, 4.69) is 15.3 Å². The van der Waals surface area contributed by atoms with Gasteiger partial charge in [0.15, 0.2) is 0 Å². The van der Waals surface area contributed by atoms with Gasteiger partial charge in [0.1, 0.15) is 11.6 Å². The van der Waals surface area contributed by atoms with Crippen LogP contribution >= 0.6 is 0 Å². The number of anilines is 2. The standard InChI is InChI=1S/C15H14N4O/c1-10-3-5-16-13(7-10)18-14-8-11-4-6-19(2)15(20)12(11)9-17-14/h3-9H,1-2H3,(H,16,17,18). The molecular formula is C15H14N4O. The van der Waals surface area contributed by atoms with E-state index in [-0.39, 0.29) is 5.56 Å². The van der Waals surface area contributed by atoms with Gasteiger partial charge < -0.3 is 9.88 Å². The van der Waals surface area contributed by atoms with Crippen molar-refractivity contribution in [2.75, 3.05) is 5.32 Å². The van der Waals surface area contributed by atoms with Gasteiger partial charge in [-0.3, -0.25) is 4.79 Å². The van der Waals surface area contributed by atoms with Gasteiger partial charge in [-0.25, -0.2) is 9.97 Å². The first-order valence-electron chi connectivity index (χ1n) is 6.28. The molecule has 3 aromatic heterocycles. The summed E-state index contributed by atoms with van der Waals surface area (Å²) in [6.07, 6.45) is 5.09. The molecule has 0 aromatic carbocycles. The fourth-order valence-corrected chi connectivity index (χ4v) is 2.04. The molecule has 0 fully saturated rings. The average Bonchev–Trinajstić information content (AvgIpc) is 2.43. The summed E-state index contributed by atoms with van der Waals surface area (Å²) in [7, 11) is 1.73. The minimum Gasteiger partial charge on any atom is -0.325 e. The number of pyridine rings is 3. The van der Waals surface area contributed by atoms with Crippen molar-refractivity contribution in [2.45, 2.75) is 6.92 Å². The number of hydrogen-bond donors (Lipinski definition) is 1. The Kier molecular flexibility index (Phi) is 2.95. The molecule has 0 aliphatic heterocycles. The van der Waals surface area contributed by atoms with E-state index in [1.807, 2.05) is 31.2 Å². The lowest BCUT2D eigenvalue weighted by Gasteiger charge is -2.07. The summed E-state index contributed by atoms with van der Waals surface area (Å²) in [4.78, 5) is 20.4. The van der Waals surface area contributed by atoms with Crippen LogP contribution in [0.2, 0.25) is 0 Å². The molecule has 5 nitrogen and oxygen atoms in total. The molecule has 100 valence electrons. The van der Waals surface area contributed by atoms with Gasteiger partial charge in [-0.2, -0.15) is 0 Å². The van der Waals surface area contributed by atoms with Crippen LogP contribution in [0.15, 0.2) is 47.7 Å². The number of fused-ring (bicyclic) bond motifs is 1. The molecule has 0 radical (unpaired) electrons. The van der Waals surface area contributed by atoms with Crippen LogP contribution in [0.25, 0.3) is 10.8 Å². The molecule has 1 N–H and O–H groups in total. The molecule has 0 unspecified atom stereocenters. The number of rotatable bonds is 2. The number of aromatic nitrogens is 3. The van der Waals surface area contributed by atoms with Gasteiger partial charge in [-0.1, -0.05) is 0 Å². The van der Waals surface area contributed by atoms with Crippen molar-refractivity contribution < 1.29 is 0 Å². The lowest BCUT2D eigenvalue weighted by atomic mass is 10.2. The van der Waals surface area contributed by atoms with E-state index < -0.39 is 0 Å². The van der Waals surface area contributed by atoms with Crippen LogP contribution in [0.1, 0.15) is 5.56 Å². The third kappa shape index (κ3) is 2.25. The Labute approximate surface area is 115 Å². The second-order valence-corrected chi connectivity index (χ2v) is 4.73. The highest BCUT2D eigenvalue weighted by Gasteiger charge is 2.03. The first-order valence-corrected chi connectivity index (χ1v) is 6.28. The van der Waals surface area contributed by atoms with Crippen molar-refractivity contribution in [3.63, 3.8) is 0 Å². The van der Waals surface area contributed by atoms with Crippen LogP contribution in [0, 0.1) is 6.92 Å². The molecule has 3 heterocycles. The molecule has 0 bridgehead atoms. The summed E-state index contributed by atoms with van der Waals surface area (Å²) >= 11 is 0. The summed E-state index contributed by atoms with van der Waals surface area (Å²) in [5, 5.41) is 4.61. The minimum atomic E-state index is -0.0461. The van der Waals surface area contributed by atoms with Gasteiger partial charge in [0, 0.05) is 25.6 Å². The topological polar surface area (TPSA) is 59.8 Å². The zero-order chi connectivity index (χ0) is 14.1. The van der Waals surface area contributed by atoms with E-state index in [4.69, 9.17) is 0 Å². The van der Waals surface area contributed by atoms with Crippen molar-refractivity contribution in [1.29, 1.82) is 0 Å². The van der Waals surface area contributed by atoms with E-state index in [0.717, 1.165) is 16.8 Å². The predicted octanol–water partition coefficient (Wildman–Crippen LogP) is 2.38. The van der Waals surface area contributed by atoms with Crippen LogP contribution in [-0.2, 0) is 7.05 Å². The SMILES string of the molecule is Cc1ccnc(Nc2cc3ccn(C)c(=O)c3cn2)c1. The van der Waals surface area contributed by atoms with E-state index in [0.29, 0.717) is 11.2 Å². The maximum absolute atomic E-state index is 11.9. The molecular weight excluding hydrogens is 252 g/mol. The van der Waals surface area contributed by atoms with E-state index in [9.17, 15) is 4.79 Å². The minimum absolute atomic E-state index is 0.0461. The molecule has 0 saturated heterocycles. The van der Waals surface area contributed by atoms with Crippen molar-refractivity contribution in [3.8, 4) is 0 Å². The van der Waals surface area contributed by atoms with Crippen molar-refractivity contribution in [3.05, 3.63) is 58.8 Å². The highest BCUT2D eigenvalue weighted by Crippen LogP contribution is 2.17. The largest absolute Gasteiger partial charge is 0.325 e. The van der Waals surface area contributed by atoms with Gasteiger partial charge >= 0.3 is 0 Å². The van der Waals surface area contributed by atoms with Crippen LogP contribution in [0.4, 0.5) is 11.6 Å². The normalized spacial score (nSPS) is 10.7. The average molecular weight is 266 g/mol. The van der Waals surface area contributed by atoms with Gasteiger partial charge in [0.05, 0.1) is 5.39 Å². The van der Waals surface area contributed by atoms with Crippen LogP contribution in [-0.4, -0.2) is 14.5 Å². The molecule has 0 aliphatic rings. The zero-order valence-electron chi connectivity index (χ0n) is 11.3. The predicted molar refractivity (Wildman–Crippen MR) is 79.2 cm³/mol. The Hall–Kier alpha value is -2.69. The van der Waals surface area contributed by atoms with Gasteiger partial charge in [-0.15, -0.1) is 0 Å². The van der Waals surface area contributed by atoms with Crippen LogP contribution < -0.4 is 10.9 Å². The van der Waals surface area contributed by atoms with E-state index in [1.54, 1.807) is 30.2 Å². The number of nitrogens with zero attached hydrogens (tertiary/aromatic N) is 3. The molecule has 5 heteroatoms. The van der Waals surface area contributed by atoms with Gasteiger partial charge in [0.2, 0.25) is 0 Å².